The summed E-state index contributed by atoms with van der Waals surface area (Å²) >= 11 is 1.90. The third-order valence-electron chi connectivity index (χ3n) is 0.772. The SMILES string of the molecule is CO[Si]CCCSC. The fourth-order valence-corrected chi connectivity index (χ4v) is 1.61. The summed E-state index contributed by atoms with van der Waals surface area (Å²) < 4.78 is 4.91. The Morgan fingerprint density at radius 3 is 2.88 bits per heavy atom. The van der Waals surface area contributed by atoms with Crippen LogP contribution < -0.4 is 0 Å². The fourth-order valence-electron chi connectivity index (χ4n) is 0.391. The van der Waals surface area contributed by atoms with E-state index in [-0.39, 0.29) is 0 Å². The molecule has 3 heteroatoms. The van der Waals surface area contributed by atoms with Gasteiger partial charge in [0.2, 0.25) is 9.76 Å². The standard InChI is InChI=1S/C5H12OSSi/c1-6-8-5-3-4-7-2/h3-5H2,1-2H3. The monoisotopic (exact) mass is 148 g/mol. The highest BCUT2D eigenvalue weighted by Crippen LogP contribution is 1.98. The zero-order chi connectivity index (χ0) is 6.24. The van der Waals surface area contributed by atoms with Crippen LogP contribution in [0.5, 0.6) is 0 Å². The van der Waals surface area contributed by atoms with Crippen LogP contribution in [0.2, 0.25) is 6.04 Å². The summed E-state index contributed by atoms with van der Waals surface area (Å²) in [6, 6.07) is 1.23. The lowest BCUT2D eigenvalue weighted by Gasteiger charge is -1.93. The molecule has 0 bridgehead atoms. The Bertz CT molecular complexity index is 37.4. The van der Waals surface area contributed by atoms with Crippen LogP contribution in [0.25, 0.3) is 0 Å². The molecule has 0 heterocycles. The first-order chi connectivity index (χ1) is 3.91. The topological polar surface area (TPSA) is 9.23 Å². The van der Waals surface area contributed by atoms with E-state index in [0.717, 1.165) is 0 Å². The van der Waals surface area contributed by atoms with Crippen LogP contribution in [0.15, 0.2) is 0 Å². The molecule has 0 saturated heterocycles. The van der Waals surface area contributed by atoms with Crippen LogP contribution in [-0.4, -0.2) is 28.9 Å². The molecule has 0 aliphatic rings. The van der Waals surface area contributed by atoms with Crippen molar-refractivity contribution in [3.63, 3.8) is 0 Å². The number of hydrogen-bond donors (Lipinski definition) is 0. The minimum absolute atomic E-state index is 0.711. The number of hydrogen-bond acceptors (Lipinski definition) is 2. The molecular weight excluding hydrogens is 136 g/mol. The predicted octanol–water partition coefficient (Wildman–Crippen LogP) is 1.42. The van der Waals surface area contributed by atoms with Crippen LogP contribution in [0, 0.1) is 0 Å². The van der Waals surface area contributed by atoms with Crippen molar-refractivity contribution in [2.24, 2.45) is 0 Å². The van der Waals surface area contributed by atoms with E-state index in [9.17, 15) is 0 Å². The molecule has 0 rings (SSSR count). The Morgan fingerprint density at radius 1 is 1.62 bits per heavy atom. The van der Waals surface area contributed by atoms with E-state index in [1.165, 1.54) is 18.2 Å². The van der Waals surface area contributed by atoms with Crippen molar-refractivity contribution in [1.82, 2.24) is 0 Å². The molecule has 0 saturated carbocycles. The van der Waals surface area contributed by atoms with Crippen LogP contribution in [0.4, 0.5) is 0 Å². The Kier molecular flexibility index (Phi) is 8.02. The van der Waals surface area contributed by atoms with Crippen LogP contribution in [0.3, 0.4) is 0 Å². The predicted molar refractivity (Wildman–Crippen MR) is 40.6 cm³/mol. The first kappa shape index (κ1) is 8.53. The van der Waals surface area contributed by atoms with Gasteiger partial charge in [0, 0.05) is 7.11 Å². The molecule has 0 N–H and O–H groups in total. The quantitative estimate of drug-likeness (QED) is 0.431. The lowest BCUT2D eigenvalue weighted by Crippen LogP contribution is -1.92. The summed E-state index contributed by atoms with van der Waals surface area (Å²) in [5.74, 6) is 1.27. The van der Waals surface area contributed by atoms with Gasteiger partial charge in [0.05, 0.1) is 0 Å². The van der Waals surface area contributed by atoms with Gasteiger partial charge in [0.15, 0.2) is 0 Å². The van der Waals surface area contributed by atoms with E-state index in [2.05, 4.69) is 6.26 Å². The first-order valence-electron chi connectivity index (χ1n) is 2.66. The Hall–Kier alpha value is 0.527. The van der Waals surface area contributed by atoms with Crippen molar-refractivity contribution in [2.75, 3.05) is 19.1 Å². The Balaban J connectivity index is 2.53. The molecule has 2 radical (unpaired) electrons. The van der Waals surface area contributed by atoms with Gasteiger partial charge >= 0.3 is 0 Å². The van der Waals surface area contributed by atoms with Crippen LogP contribution in [0.1, 0.15) is 6.42 Å². The second-order valence-corrected chi connectivity index (χ2v) is 3.63. The molecule has 8 heavy (non-hydrogen) atoms. The molecule has 0 fully saturated rings. The van der Waals surface area contributed by atoms with Gasteiger partial charge in [-0.1, -0.05) is 0 Å². The second kappa shape index (κ2) is 7.53. The third-order valence-corrected chi connectivity index (χ3v) is 2.31. The first-order valence-corrected chi connectivity index (χ1v) is 5.17. The van der Waals surface area contributed by atoms with Crippen molar-refractivity contribution < 1.29 is 4.43 Å². The molecule has 0 unspecified atom stereocenters. The third kappa shape index (κ3) is 6.53. The Morgan fingerprint density at radius 2 is 2.38 bits per heavy atom. The van der Waals surface area contributed by atoms with E-state index in [4.69, 9.17) is 4.43 Å². The summed E-state index contributed by atoms with van der Waals surface area (Å²) in [4.78, 5) is 0. The zero-order valence-corrected chi connectivity index (χ0v) is 7.25. The molecule has 0 aliphatic heterocycles. The van der Waals surface area contributed by atoms with Crippen molar-refractivity contribution in [3.05, 3.63) is 0 Å². The molecule has 0 aromatic rings. The van der Waals surface area contributed by atoms with Gasteiger partial charge in [-0.25, -0.2) is 0 Å². The van der Waals surface area contributed by atoms with Gasteiger partial charge in [-0.3, -0.25) is 0 Å². The van der Waals surface area contributed by atoms with Gasteiger partial charge in [0.25, 0.3) is 0 Å². The van der Waals surface area contributed by atoms with Gasteiger partial charge in [-0.15, -0.1) is 0 Å². The largest absolute Gasteiger partial charge is 0.421 e. The zero-order valence-electron chi connectivity index (χ0n) is 5.44. The highest BCUT2D eigenvalue weighted by Gasteiger charge is 1.86. The summed E-state index contributed by atoms with van der Waals surface area (Å²) in [6.07, 6.45) is 3.43. The van der Waals surface area contributed by atoms with E-state index in [0.29, 0.717) is 9.76 Å². The molecule has 1 nitrogen and oxygen atoms in total. The van der Waals surface area contributed by atoms with Crippen molar-refractivity contribution in [3.8, 4) is 0 Å². The van der Waals surface area contributed by atoms with Crippen LogP contribution >= 0.6 is 11.8 Å². The molecular formula is C5H12OSSi. The smallest absolute Gasteiger partial charge is 0.229 e. The lowest BCUT2D eigenvalue weighted by molar-refractivity contribution is 0.440. The maximum Gasteiger partial charge on any atom is 0.229 e. The van der Waals surface area contributed by atoms with Gasteiger partial charge in [0.1, 0.15) is 0 Å². The van der Waals surface area contributed by atoms with Gasteiger partial charge in [-0.2, -0.15) is 11.8 Å². The van der Waals surface area contributed by atoms with E-state index < -0.39 is 0 Å². The molecule has 0 aliphatic carbocycles. The van der Waals surface area contributed by atoms with Crippen molar-refractivity contribution in [1.29, 1.82) is 0 Å². The number of thioether (sulfide) groups is 1. The summed E-state index contributed by atoms with van der Waals surface area (Å²) in [6.45, 7) is 0. The number of rotatable bonds is 5. The van der Waals surface area contributed by atoms with E-state index in [1.54, 1.807) is 7.11 Å². The molecule has 48 valence electrons. The molecule has 0 aromatic heterocycles. The van der Waals surface area contributed by atoms with Crippen molar-refractivity contribution >= 4 is 21.5 Å². The van der Waals surface area contributed by atoms with E-state index in [1.807, 2.05) is 11.8 Å². The van der Waals surface area contributed by atoms with E-state index >= 15 is 0 Å². The Labute approximate surface area is 58.1 Å². The fraction of sp³-hybridized carbons (Fsp3) is 1.00. The molecule has 0 spiro atoms. The van der Waals surface area contributed by atoms with Crippen LogP contribution in [-0.2, 0) is 4.43 Å². The molecule has 0 atom stereocenters. The minimum Gasteiger partial charge on any atom is -0.421 e. The van der Waals surface area contributed by atoms with Gasteiger partial charge < -0.3 is 4.43 Å². The second-order valence-electron chi connectivity index (χ2n) is 1.44. The summed E-state index contributed by atoms with van der Waals surface area (Å²) in [5, 5.41) is 0. The van der Waals surface area contributed by atoms with Gasteiger partial charge in [-0.05, 0) is 24.5 Å². The van der Waals surface area contributed by atoms with Crippen molar-refractivity contribution in [2.45, 2.75) is 12.5 Å². The maximum absolute atomic E-state index is 4.91. The molecule has 0 aromatic carbocycles. The molecule has 0 amide bonds. The normalized spacial score (nSPS) is 9.75. The lowest BCUT2D eigenvalue weighted by atomic mass is 10.6. The summed E-state index contributed by atoms with van der Waals surface area (Å²) in [5.41, 5.74) is 0. The maximum atomic E-state index is 4.91. The highest BCUT2D eigenvalue weighted by atomic mass is 32.2. The minimum atomic E-state index is 0.711. The summed E-state index contributed by atoms with van der Waals surface area (Å²) in [7, 11) is 2.47. The average Bonchev–Trinajstić information content (AvgIpc) is 1.81. The highest BCUT2D eigenvalue weighted by molar-refractivity contribution is 7.98. The average molecular weight is 148 g/mol.